The molecule has 0 saturated carbocycles. The topological polar surface area (TPSA) is 55.8 Å². The summed E-state index contributed by atoms with van der Waals surface area (Å²) >= 11 is 3.85. The molecule has 1 aliphatic rings. The van der Waals surface area contributed by atoms with Crippen LogP contribution in [0.3, 0.4) is 0 Å². The molecule has 4 nitrogen and oxygen atoms in total. The van der Waals surface area contributed by atoms with Gasteiger partial charge in [0.2, 0.25) is 0 Å². The first kappa shape index (κ1) is 10.9. The molecule has 0 aliphatic carbocycles. The van der Waals surface area contributed by atoms with Gasteiger partial charge in [0.1, 0.15) is 13.2 Å². The SMILES string of the molecule is O=C(O)/C(S)=C\c1ccc2c(c1)OCCO2. The minimum Gasteiger partial charge on any atom is -0.486 e. The summed E-state index contributed by atoms with van der Waals surface area (Å²) in [6.45, 7) is 1.04. The van der Waals surface area contributed by atoms with E-state index in [1.807, 2.05) is 0 Å². The van der Waals surface area contributed by atoms with Gasteiger partial charge in [0.15, 0.2) is 11.5 Å². The first-order chi connectivity index (χ1) is 7.66. The lowest BCUT2D eigenvalue weighted by Crippen LogP contribution is -2.15. The van der Waals surface area contributed by atoms with Crippen LogP contribution in [0.1, 0.15) is 5.56 Å². The lowest BCUT2D eigenvalue weighted by atomic mass is 10.2. The van der Waals surface area contributed by atoms with E-state index in [0.717, 1.165) is 5.56 Å². The molecule has 0 radical (unpaired) electrons. The Morgan fingerprint density at radius 1 is 1.31 bits per heavy atom. The van der Waals surface area contributed by atoms with Gasteiger partial charge < -0.3 is 14.6 Å². The average Bonchev–Trinajstić information content (AvgIpc) is 2.28. The number of carbonyl (C=O) groups is 1. The maximum atomic E-state index is 10.6. The molecule has 1 aliphatic heterocycles. The van der Waals surface area contributed by atoms with Crippen LogP contribution in [0.15, 0.2) is 23.1 Å². The molecule has 1 aromatic carbocycles. The number of hydrogen-bond donors (Lipinski definition) is 2. The third-order valence-electron chi connectivity index (χ3n) is 2.09. The summed E-state index contributed by atoms with van der Waals surface area (Å²) in [7, 11) is 0. The summed E-state index contributed by atoms with van der Waals surface area (Å²) in [5, 5.41) is 8.68. The largest absolute Gasteiger partial charge is 0.486 e. The molecule has 1 aromatic rings. The van der Waals surface area contributed by atoms with Crippen molar-refractivity contribution < 1.29 is 19.4 Å². The van der Waals surface area contributed by atoms with Gasteiger partial charge in [0, 0.05) is 0 Å². The Labute approximate surface area is 97.9 Å². The predicted octanol–water partition coefficient (Wildman–Crippen LogP) is 1.81. The van der Waals surface area contributed by atoms with Crippen LogP contribution in [-0.4, -0.2) is 24.3 Å². The Hall–Kier alpha value is -1.62. The van der Waals surface area contributed by atoms with E-state index < -0.39 is 5.97 Å². The highest BCUT2D eigenvalue weighted by Gasteiger charge is 2.11. The predicted molar refractivity (Wildman–Crippen MR) is 62.0 cm³/mol. The van der Waals surface area contributed by atoms with E-state index in [9.17, 15) is 4.79 Å². The van der Waals surface area contributed by atoms with Crippen molar-refractivity contribution in [1.29, 1.82) is 0 Å². The van der Waals surface area contributed by atoms with E-state index in [2.05, 4.69) is 12.6 Å². The van der Waals surface area contributed by atoms with Gasteiger partial charge in [-0.25, -0.2) is 4.79 Å². The summed E-state index contributed by atoms with van der Waals surface area (Å²) in [6, 6.07) is 5.24. The standard InChI is InChI=1S/C11H10O4S/c12-11(13)10(16)6-7-1-2-8-9(5-7)15-4-3-14-8/h1-2,5-6,16H,3-4H2,(H,12,13)/b10-6+. The Morgan fingerprint density at radius 2 is 2.00 bits per heavy atom. The van der Waals surface area contributed by atoms with Gasteiger partial charge in [-0.1, -0.05) is 6.07 Å². The monoisotopic (exact) mass is 238 g/mol. The lowest BCUT2D eigenvalue weighted by molar-refractivity contribution is -0.131. The van der Waals surface area contributed by atoms with Crippen LogP contribution in [-0.2, 0) is 4.79 Å². The molecular formula is C11H10O4S. The van der Waals surface area contributed by atoms with Crippen LogP contribution in [0.4, 0.5) is 0 Å². The summed E-state index contributed by atoms with van der Waals surface area (Å²) in [5.41, 5.74) is 0.719. The Morgan fingerprint density at radius 3 is 2.69 bits per heavy atom. The molecule has 1 heterocycles. The molecule has 0 atom stereocenters. The molecule has 0 fully saturated rings. The van der Waals surface area contributed by atoms with E-state index in [-0.39, 0.29) is 4.91 Å². The summed E-state index contributed by atoms with van der Waals surface area (Å²) in [4.78, 5) is 10.6. The molecule has 84 valence electrons. The molecule has 0 aromatic heterocycles. The van der Waals surface area contributed by atoms with Crippen LogP contribution in [0.5, 0.6) is 11.5 Å². The van der Waals surface area contributed by atoms with E-state index >= 15 is 0 Å². The molecule has 2 rings (SSSR count). The third kappa shape index (κ3) is 2.30. The van der Waals surface area contributed by atoms with Gasteiger partial charge in [0.05, 0.1) is 4.91 Å². The number of hydrogen-bond acceptors (Lipinski definition) is 4. The second kappa shape index (κ2) is 4.49. The van der Waals surface area contributed by atoms with E-state index in [0.29, 0.717) is 24.7 Å². The van der Waals surface area contributed by atoms with E-state index in [1.165, 1.54) is 6.08 Å². The molecule has 0 saturated heterocycles. The normalized spacial score (nSPS) is 14.7. The molecule has 16 heavy (non-hydrogen) atoms. The van der Waals surface area contributed by atoms with Crippen molar-refractivity contribution >= 4 is 24.7 Å². The van der Waals surface area contributed by atoms with Crippen molar-refractivity contribution in [1.82, 2.24) is 0 Å². The Balaban J connectivity index is 2.30. The van der Waals surface area contributed by atoms with Crippen molar-refractivity contribution in [2.45, 2.75) is 0 Å². The zero-order chi connectivity index (χ0) is 11.5. The average molecular weight is 238 g/mol. The number of ether oxygens (including phenoxy) is 2. The van der Waals surface area contributed by atoms with Crippen LogP contribution < -0.4 is 9.47 Å². The van der Waals surface area contributed by atoms with Crippen LogP contribution in [0.2, 0.25) is 0 Å². The smallest absolute Gasteiger partial charge is 0.341 e. The van der Waals surface area contributed by atoms with Crippen molar-refractivity contribution in [2.24, 2.45) is 0 Å². The maximum absolute atomic E-state index is 10.6. The molecular weight excluding hydrogens is 228 g/mol. The summed E-state index contributed by atoms with van der Waals surface area (Å²) in [5.74, 6) is 0.254. The highest BCUT2D eigenvalue weighted by Crippen LogP contribution is 2.31. The molecule has 0 spiro atoms. The molecule has 5 heteroatoms. The number of fused-ring (bicyclic) bond motifs is 1. The van der Waals surface area contributed by atoms with Gasteiger partial charge in [-0.05, 0) is 23.8 Å². The number of carboxylic acids is 1. The maximum Gasteiger partial charge on any atom is 0.341 e. The first-order valence-corrected chi connectivity index (χ1v) is 5.15. The highest BCUT2D eigenvalue weighted by atomic mass is 32.1. The number of benzene rings is 1. The van der Waals surface area contributed by atoms with Crippen LogP contribution >= 0.6 is 12.6 Å². The fraction of sp³-hybridized carbons (Fsp3) is 0.182. The van der Waals surface area contributed by atoms with Crippen molar-refractivity contribution in [2.75, 3.05) is 13.2 Å². The Bertz CT molecular complexity index is 453. The van der Waals surface area contributed by atoms with Gasteiger partial charge >= 0.3 is 5.97 Å². The van der Waals surface area contributed by atoms with Crippen molar-refractivity contribution in [3.05, 3.63) is 28.7 Å². The van der Waals surface area contributed by atoms with Crippen LogP contribution in [0, 0.1) is 0 Å². The van der Waals surface area contributed by atoms with Crippen molar-refractivity contribution in [3.63, 3.8) is 0 Å². The fourth-order valence-electron chi connectivity index (χ4n) is 1.37. The van der Waals surface area contributed by atoms with Gasteiger partial charge in [-0.15, -0.1) is 12.6 Å². The zero-order valence-corrected chi connectivity index (χ0v) is 9.24. The van der Waals surface area contributed by atoms with Gasteiger partial charge in [-0.3, -0.25) is 0 Å². The van der Waals surface area contributed by atoms with Gasteiger partial charge in [-0.2, -0.15) is 0 Å². The second-order valence-electron chi connectivity index (χ2n) is 3.24. The Kier molecular flexibility index (Phi) is 3.05. The number of rotatable bonds is 2. The number of aliphatic carboxylic acids is 1. The number of thiol groups is 1. The van der Waals surface area contributed by atoms with E-state index in [4.69, 9.17) is 14.6 Å². The molecule has 0 amide bonds. The van der Waals surface area contributed by atoms with E-state index in [1.54, 1.807) is 18.2 Å². The molecule has 0 unspecified atom stereocenters. The first-order valence-electron chi connectivity index (χ1n) is 4.70. The second-order valence-corrected chi connectivity index (χ2v) is 3.72. The highest BCUT2D eigenvalue weighted by molar-refractivity contribution is 7.85. The fourth-order valence-corrected chi connectivity index (χ4v) is 1.52. The minimum atomic E-state index is -1.06. The van der Waals surface area contributed by atoms with Crippen molar-refractivity contribution in [3.8, 4) is 11.5 Å². The summed E-state index contributed by atoms with van der Waals surface area (Å²) < 4.78 is 10.7. The minimum absolute atomic E-state index is 0.0170. The molecule has 0 bridgehead atoms. The third-order valence-corrected chi connectivity index (χ3v) is 2.41. The summed E-state index contributed by atoms with van der Waals surface area (Å²) in [6.07, 6.45) is 1.46. The molecule has 1 N–H and O–H groups in total. The van der Waals surface area contributed by atoms with Gasteiger partial charge in [0.25, 0.3) is 0 Å². The zero-order valence-electron chi connectivity index (χ0n) is 8.34. The number of carboxylic acid groups (broad SMARTS) is 1. The lowest BCUT2D eigenvalue weighted by Gasteiger charge is -2.18. The van der Waals surface area contributed by atoms with Crippen LogP contribution in [0.25, 0.3) is 6.08 Å². The quantitative estimate of drug-likeness (QED) is 0.609.